The first-order valence-corrected chi connectivity index (χ1v) is 9.16. The van der Waals surface area contributed by atoms with E-state index in [4.69, 9.17) is 0 Å². The Kier molecular flexibility index (Phi) is 5.55. The molecular weight excluding hydrogens is 304 g/mol. The van der Waals surface area contributed by atoms with E-state index in [1.165, 1.54) is 27.8 Å². The molecule has 0 aliphatic heterocycles. The molecule has 25 heavy (non-hydrogen) atoms. The molecule has 0 fully saturated rings. The topological polar surface area (TPSA) is 20.2 Å². The Morgan fingerprint density at radius 1 is 0.760 bits per heavy atom. The molecule has 1 unspecified atom stereocenters. The lowest BCUT2D eigenvalue weighted by Crippen LogP contribution is -2.01. The van der Waals surface area contributed by atoms with Crippen LogP contribution in [-0.4, -0.2) is 5.11 Å². The molecule has 0 amide bonds. The smallest absolute Gasteiger partial charge is 0.115 e. The van der Waals surface area contributed by atoms with Gasteiger partial charge in [-0.15, -0.1) is 0 Å². The van der Waals surface area contributed by atoms with E-state index in [0.717, 1.165) is 19.3 Å². The standard InChI is InChI=1S/C24H26O/c1-3-18-8-12-21(13-9-18)22-14-10-19(11-15-22)16-20(4-2)23-6-5-7-24(25)17-23/h5-15,17,20,25H,3-4,16H2,1-2H3. The Labute approximate surface area is 151 Å². The number of rotatable bonds is 6. The molecule has 0 bridgehead atoms. The van der Waals surface area contributed by atoms with Gasteiger partial charge in [0.1, 0.15) is 5.75 Å². The monoisotopic (exact) mass is 330 g/mol. The second kappa shape index (κ2) is 8.02. The predicted molar refractivity (Wildman–Crippen MR) is 106 cm³/mol. The summed E-state index contributed by atoms with van der Waals surface area (Å²) < 4.78 is 0. The summed E-state index contributed by atoms with van der Waals surface area (Å²) in [5.41, 5.74) is 6.45. The second-order valence-corrected chi connectivity index (χ2v) is 6.65. The van der Waals surface area contributed by atoms with Gasteiger partial charge in [-0.25, -0.2) is 0 Å². The highest BCUT2D eigenvalue weighted by atomic mass is 16.3. The highest BCUT2D eigenvalue weighted by Crippen LogP contribution is 2.28. The molecule has 1 atom stereocenters. The molecule has 0 heterocycles. The number of phenolic OH excluding ortho intramolecular Hbond substituents is 1. The average Bonchev–Trinajstić information content (AvgIpc) is 2.66. The molecule has 1 heteroatoms. The fraction of sp³-hybridized carbons (Fsp3) is 0.250. The highest BCUT2D eigenvalue weighted by molar-refractivity contribution is 5.64. The summed E-state index contributed by atoms with van der Waals surface area (Å²) in [5.74, 6) is 0.781. The number of benzene rings is 3. The van der Waals surface area contributed by atoms with Crippen molar-refractivity contribution in [1.82, 2.24) is 0 Å². The number of aryl methyl sites for hydroxylation is 1. The van der Waals surface area contributed by atoms with E-state index in [1.54, 1.807) is 6.07 Å². The summed E-state index contributed by atoms with van der Waals surface area (Å²) in [6, 6.07) is 25.4. The number of hydrogen-bond donors (Lipinski definition) is 1. The number of phenols is 1. The zero-order valence-electron chi connectivity index (χ0n) is 15.1. The van der Waals surface area contributed by atoms with Gasteiger partial charge in [0.05, 0.1) is 0 Å². The zero-order chi connectivity index (χ0) is 17.6. The maximum absolute atomic E-state index is 9.72. The van der Waals surface area contributed by atoms with Crippen molar-refractivity contribution in [1.29, 1.82) is 0 Å². The van der Waals surface area contributed by atoms with Crippen molar-refractivity contribution in [2.75, 3.05) is 0 Å². The van der Waals surface area contributed by atoms with Crippen LogP contribution in [0.5, 0.6) is 5.75 Å². The minimum atomic E-state index is 0.349. The van der Waals surface area contributed by atoms with Crippen molar-refractivity contribution in [3.63, 3.8) is 0 Å². The third-order valence-corrected chi connectivity index (χ3v) is 4.97. The van der Waals surface area contributed by atoms with Crippen LogP contribution in [0.15, 0.2) is 72.8 Å². The fourth-order valence-corrected chi connectivity index (χ4v) is 3.33. The van der Waals surface area contributed by atoms with Gasteiger partial charge in [-0.1, -0.05) is 74.5 Å². The molecule has 0 spiro atoms. The van der Waals surface area contributed by atoms with Crippen LogP contribution < -0.4 is 0 Å². The van der Waals surface area contributed by atoms with Crippen molar-refractivity contribution in [2.24, 2.45) is 0 Å². The molecule has 1 nitrogen and oxygen atoms in total. The van der Waals surface area contributed by atoms with Crippen LogP contribution in [0.1, 0.15) is 42.9 Å². The molecule has 0 aliphatic carbocycles. The Balaban J connectivity index is 1.75. The first-order valence-electron chi connectivity index (χ1n) is 9.16. The average molecular weight is 330 g/mol. The highest BCUT2D eigenvalue weighted by Gasteiger charge is 2.11. The zero-order valence-corrected chi connectivity index (χ0v) is 15.1. The molecule has 0 saturated heterocycles. The molecule has 0 aliphatic rings. The maximum atomic E-state index is 9.72. The van der Waals surface area contributed by atoms with Gasteiger partial charge in [0.25, 0.3) is 0 Å². The van der Waals surface area contributed by atoms with E-state index in [0.29, 0.717) is 11.7 Å². The van der Waals surface area contributed by atoms with E-state index < -0.39 is 0 Å². The Bertz CT molecular complexity index is 800. The molecule has 3 aromatic rings. The lowest BCUT2D eigenvalue weighted by molar-refractivity contribution is 0.473. The summed E-state index contributed by atoms with van der Waals surface area (Å²) in [7, 11) is 0. The van der Waals surface area contributed by atoms with Gasteiger partial charge in [-0.05, 0) is 65.1 Å². The first-order chi connectivity index (χ1) is 12.2. The van der Waals surface area contributed by atoms with Crippen molar-refractivity contribution in [3.05, 3.63) is 89.5 Å². The molecule has 1 N–H and O–H groups in total. The van der Waals surface area contributed by atoms with Crippen LogP contribution in [0.3, 0.4) is 0 Å². The quantitative estimate of drug-likeness (QED) is 0.557. The van der Waals surface area contributed by atoms with E-state index >= 15 is 0 Å². The molecule has 3 aromatic carbocycles. The van der Waals surface area contributed by atoms with Gasteiger partial charge < -0.3 is 5.11 Å². The molecule has 0 radical (unpaired) electrons. The van der Waals surface area contributed by atoms with Crippen LogP contribution in [-0.2, 0) is 12.8 Å². The predicted octanol–water partition coefficient (Wildman–Crippen LogP) is 6.36. The summed E-state index contributed by atoms with van der Waals surface area (Å²) >= 11 is 0. The summed E-state index contributed by atoms with van der Waals surface area (Å²) in [4.78, 5) is 0. The summed E-state index contributed by atoms with van der Waals surface area (Å²) in [5, 5.41) is 9.72. The summed E-state index contributed by atoms with van der Waals surface area (Å²) in [6.07, 6.45) is 3.13. The van der Waals surface area contributed by atoms with Crippen LogP contribution in [0, 0.1) is 0 Å². The van der Waals surface area contributed by atoms with Crippen LogP contribution >= 0.6 is 0 Å². The Morgan fingerprint density at radius 2 is 1.36 bits per heavy atom. The van der Waals surface area contributed by atoms with E-state index in [1.807, 2.05) is 12.1 Å². The SMILES string of the molecule is CCc1ccc(-c2ccc(CC(CC)c3cccc(O)c3)cc2)cc1. The Morgan fingerprint density at radius 3 is 1.88 bits per heavy atom. The van der Waals surface area contributed by atoms with Crippen molar-refractivity contribution in [3.8, 4) is 16.9 Å². The van der Waals surface area contributed by atoms with Gasteiger partial charge in [0.15, 0.2) is 0 Å². The minimum Gasteiger partial charge on any atom is -0.508 e. The first kappa shape index (κ1) is 17.3. The fourth-order valence-electron chi connectivity index (χ4n) is 3.33. The lowest BCUT2D eigenvalue weighted by Gasteiger charge is -2.16. The van der Waals surface area contributed by atoms with Crippen LogP contribution in [0.4, 0.5) is 0 Å². The van der Waals surface area contributed by atoms with E-state index in [-0.39, 0.29) is 0 Å². The van der Waals surface area contributed by atoms with Gasteiger partial charge in [-0.2, -0.15) is 0 Å². The van der Waals surface area contributed by atoms with Gasteiger partial charge >= 0.3 is 0 Å². The molecule has 0 aromatic heterocycles. The Hall–Kier alpha value is -2.54. The van der Waals surface area contributed by atoms with Gasteiger partial charge in [0, 0.05) is 0 Å². The van der Waals surface area contributed by atoms with Gasteiger partial charge in [0.2, 0.25) is 0 Å². The van der Waals surface area contributed by atoms with Crippen molar-refractivity contribution in [2.45, 2.75) is 39.0 Å². The largest absolute Gasteiger partial charge is 0.508 e. The molecule has 3 rings (SSSR count). The normalized spacial score (nSPS) is 12.1. The lowest BCUT2D eigenvalue weighted by atomic mass is 9.89. The summed E-state index contributed by atoms with van der Waals surface area (Å²) in [6.45, 7) is 4.39. The second-order valence-electron chi connectivity index (χ2n) is 6.65. The maximum Gasteiger partial charge on any atom is 0.115 e. The van der Waals surface area contributed by atoms with Crippen LogP contribution in [0.25, 0.3) is 11.1 Å². The molecule has 128 valence electrons. The van der Waals surface area contributed by atoms with Crippen molar-refractivity contribution >= 4 is 0 Å². The third-order valence-electron chi connectivity index (χ3n) is 4.97. The molecule has 0 saturated carbocycles. The van der Waals surface area contributed by atoms with E-state index in [2.05, 4.69) is 68.4 Å². The van der Waals surface area contributed by atoms with E-state index in [9.17, 15) is 5.11 Å². The number of aromatic hydroxyl groups is 1. The van der Waals surface area contributed by atoms with Crippen LogP contribution in [0.2, 0.25) is 0 Å². The van der Waals surface area contributed by atoms with Crippen molar-refractivity contribution < 1.29 is 5.11 Å². The molecular formula is C24H26O. The number of hydrogen-bond acceptors (Lipinski definition) is 1. The van der Waals surface area contributed by atoms with Gasteiger partial charge in [-0.3, -0.25) is 0 Å². The minimum absolute atomic E-state index is 0.349. The third kappa shape index (κ3) is 4.30.